The van der Waals surface area contributed by atoms with Crippen LogP contribution in [0.25, 0.3) is 0 Å². The summed E-state index contributed by atoms with van der Waals surface area (Å²) in [7, 11) is 0. The van der Waals surface area contributed by atoms with Gasteiger partial charge in [-0.05, 0) is 31.1 Å². The van der Waals surface area contributed by atoms with Gasteiger partial charge in [-0.25, -0.2) is 0 Å². The molecule has 0 aromatic rings. The summed E-state index contributed by atoms with van der Waals surface area (Å²) in [6, 6.07) is 0. The molecule has 3 rings (SSSR count). The minimum absolute atomic E-state index is 0.0795. The average Bonchev–Trinajstić information content (AvgIpc) is 2.28. The van der Waals surface area contributed by atoms with Gasteiger partial charge >= 0.3 is 5.97 Å². The lowest BCUT2D eigenvalue weighted by molar-refractivity contribution is -0.144. The molecule has 3 atom stereocenters. The molecule has 0 aromatic carbocycles. The molecule has 17 heavy (non-hydrogen) atoms. The zero-order valence-corrected chi connectivity index (χ0v) is 10.8. The molecule has 3 fully saturated rings. The van der Waals surface area contributed by atoms with Crippen molar-refractivity contribution < 1.29 is 14.7 Å². The Hall–Kier alpha value is -1.06. The van der Waals surface area contributed by atoms with E-state index in [1.807, 2.05) is 0 Å². The molecule has 0 saturated heterocycles. The smallest absolute Gasteiger partial charge is 0.306 e. The summed E-state index contributed by atoms with van der Waals surface area (Å²) in [6.07, 6.45) is 2.41. The molecular formula is C13H21NO3. The molecule has 3 aliphatic rings. The third kappa shape index (κ3) is 1.94. The van der Waals surface area contributed by atoms with Crippen LogP contribution in [-0.4, -0.2) is 23.5 Å². The summed E-state index contributed by atoms with van der Waals surface area (Å²) in [5.74, 6) is 0.886. The van der Waals surface area contributed by atoms with Crippen LogP contribution in [0.4, 0.5) is 0 Å². The summed E-state index contributed by atoms with van der Waals surface area (Å²) < 4.78 is 4.96. The number of carbonyl (C=O) groups is 1. The van der Waals surface area contributed by atoms with E-state index < -0.39 is 0 Å². The number of carbonyl (C=O) groups excluding carboxylic acids is 1. The van der Waals surface area contributed by atoms with Crippen LogP contribution in [-0.2, 0) is 9.53 Å². The lowest BCUT2D eigenvalue weighted by Crippen LogP contribution is -2.56. The van der Waals surface area contributed by atoms with Crippen molar-refractivity contribution in [3.05, 3.63) is 0 Å². The van der Waals surface area contributed by atoms with Gasteiger partial charge in [0.1, 0.15) is 0 Å². The minimum atomic E-state index is -0.183. The maximum Gasteiger partial charge on any atom is 0.306 e. The number of esters is 1. The highest BCUT2D eigenvalue weighted by atomic mass is 16.5. The molecule has 1 unspecified atom stereocenters. The second-order valence-electron chi connectivity index (χ2n) is 5.77. The summed E-state index contributed by atoms with van der Waals surface area (Å²) in [6.45, 7) is 6.66. The minimum Gasteiger partial charge on any atom is -0.466 e. The molecular weight excluding hydrogens is 218 g/mol. The van der Waals surface area contributed by atoms with Gasteiger partial charge in [0, 0.05) is 11.8 Å². The Bertz CT molecular complexity index is 349. The van der Waals surface area contributed by atoms with E-state index >= 15 is 0 Å². The van der Waals surface area contributed by atoms with Crippen LogP contribution in [0.5, 0.6) is 0 Å². The number of fused-ring (bicyclic) bond motifs is 2. The van der Waals surface area contributed by atoms with Gasteiger partial charge in [-0.3, -0.25) is 4.79 Å². The Morgan fingerprint density at radius 1 is 1.53 bits per heavy atom. The van der Waals surface area contributed by atoms with Gasteiger partial charge < -0.3 is 9.94 Å². The molecule has 0 aromatic heterocycles. The zero-order chi connectivity index (χ0) is 12.6. The molecule has 96 valence electrons. The number of hydrogen-bond donors (Lipinski definition) is 1. The fraction of sp³-hybridized carbons (Fsp3) is 0.846. The number of nitrogens with zero attached hydrogens (tertiary/aromatic N) is 1. The molecule has 0 spiro atoms. The second kappa shape index (κ2) is 4.31. The summed E-state index contributed by atoms with van der Waals surface area (Å²) in [4.78, 5) is 11.5. The van der Waals surface area contributed by atoms with E-state index in [1.165, 1.54) is 0 Å². The third-order valence-electron chi connectivity index (χ3n) is 4.65. The second-order valence-corrected chi connectivity index (χ2v) is 5.77. The summed E-state index contributed by atoms with van der Waals surface area (Å²) in [5.41, 5.74) is 1.04. The zero-order valence-electron chi connectivity index (χ0n) is 10.8. The quantitative estimate of drug-likeness (QED) is 0.467. The highest BCUT2D eigenvalue weighted by Gasteiger charge is 2.56. The standard InChI is InChI=1S/C13H21NO3/c1-4-17-11(15)6-8-5-9-7-10(12(8)14-16)13(9,2)3/h8-10,16H,4-7H2,1-3H3/b14-12+/t8?,9-,10-/m1/s1. The van der Waals surface area contributed by atoms with Crippen molar-refractivity contribution in [3.8, 4) is 0 Å². The Labute approximate surface area is 102 Å². The molecule has 4 heteroatoms. The normalized spacial score (nSPS) is 36.4. The monoisotopic (exact) mass is 239 g/mol. The Balaban J connectivity index is 2.04. The third-order valence-corrected chi connectivity index (χ3v) is 4.65. The number of rotatable bonds is 3. The van der Waals surface area contributed by atoms with Gasteiger partial charge in [0.05, 0.1) is 18.7 Å². The lowest BCUT2D eigenvalue weighted by Gasteiger charge is -2.58. The Morgan fingerprint density at radius 2 is 2.24 bits per heavy atom. The first-order valence-corrected chi connectivity index (χ1v) is 6.38. The highest BCUT2D eigenvalue weighted by Crippen LogP contribution is 2.59. The van der Waals surface area contributed by atoms with Gasteiger partial charge in [-0.2, -0.15) is 0 Å². The first-order chi connectivity index (χ1) is 8.00. The summed E-state index contributed by atoms with van der Waals surface area (Å²) in [5, 5.41) is 12.6. The van der Waals surface area contributed by atoms with E-state index in [2.05, 4.69) is 19.0 Å². The van der Waals surface area contributed by atoms with Gasteiger partial charge in [0.2, 0.25) is 0 Å². The van der Waals surface area contributed by atoms with Crippen molar-refractivity contribution in [3.63, 3.8) is 0 Å². The van der Waals surface area contributed by atoms with Crippen LogP contribution in [0, 0.1) is 23.2 Å². The van der Waals surface area contributed by atoms with Crippen molar-refractivity contribution in [2.75, 3.05) is 6.61 Å². The van der Waals surface area contributed by atoms with Crippen molar-refractivity contribution in [1.82, 2.24) is 0 Å². The van der Waals surface area contributed by atoms with Gasteiger partial charge in [-0.1, -0.05) is 19.0 Å². The van der Waals surface area contributed by atoms with Gasteiger partial charge in [0.15, 0.2) is 0 Å². The topological polar surface area (TPSA) is 58.9 Å². The predicted molar refractivity (Wildman–Crippen MR) is 64.0 cm³/mol. The van der Waals surface area contributed by atoms with Crippen molar-refractivity contribution in [2.45, 2.75) is 40.0 Å². The van der Waals surface area contributed by atoms with Crippen LogP contribution >= 0.6 is 0 Å². The fourth-order valence-electron chi connectivity index (χ4n) is 3.43. The molecule has 4 nitrogen and oxygen atoms in total. The average molecular weight is 239 g/mol. The molecule has 3 saturated carbocycles. The molecule has 0 aliphatic heterocycles. The number of oxime groups is 1. The Morgan fingerprint density at radius 3 is 2.76 bits per heavy atom. The van der Waals surface area contributed by atoms with Crippen LogP contribution in [0.3, 0.4) is 0 Å². The molecule has 1 N–H and O–H groups in total. The van der Waals surface area contributed by atoms with E-state index in [-0.39, 0.29) is 17.3 Å². The fourth-order valence-corrected chi connectivity index (χ4v) is 3.43. The van der Waals surface area contributed by atoms with Crippen LogP contribution in [0.1, 0.15) is 40.0 Å². The van der Waals surface area contributed by atoms with Crippen molar-refractivity contribution in [1.29, 1.82) is 0 Å². The largest absolute Gasteiger partial charge is 0.466 e. The van der Waals surface area contributed by atoms with E-state index in [4.69, 9.17) is 9.94 Å². The maximum atomic E-state index is 11.5. The predicted octanol–water partition coefficient (Wildman–Crippen LogP) is 2.45. The van der Waals surface area contributed by atoms with E-state index in [0.29, 0.717) is 24.9 Å². The SMILES string of the molecule is CCOC(=O)CC1C[C@@H]2C[C@H](/C1=N/O)C2(C)C. The first kappa shape index (κ1) is 12.4. The van der Waals surface area contributed by atoms with Crippen LogP contribution in [0.15, 0.2) is 5.16 Å². The van der Waals surface area contributed by atoms with Gasteiger partial charge in [0.25, 0.3) is 0 Å². The van der Waals surface area contributed by atoms with Gasteiger partial charge in [-0.15, -0.1) is 0 Å². The molecule has 0 radical (unpaired) electrons. The highest BCUT2D eigenvalue weighted by molar-refractivity contribution is 5.94. The molecule has 0 amide bonds. The lowest BCUT2D eigenvalue weighted by atomic mass is 9.46. The first-order valence-electron chi connectivity index (χ1n) is 6.38. The molecule has 3 aliphatic carbocycles. The molecule has 2 bridgehead atoms. The van der Waals surface area contributed by atoms with E-state index in [0.717, 1.165) is 18.6 Å². The van der Waals surface area contributed by atoms with Crippen LogP contribution < -0.4 is 0 Å². The van der Waals surface area contributed by atoms with Crippen LogP contribution in [0.2, 0.25) is 0 Å². The number of ether oxygens (including phenoxy) is 1. The number of hydrogen-bond acceptors (Lipinski definition) is 4. The van der Waals surface area contributed by atoms with Crippen molar-refractivity contribution >= 4 is 11.7 Å². The van der Waals surface area contributed by atoms with Crippen molar-refractivity contribution in [2.24, 2.45) is 28.3 Å². The Kier molecular flexibility index (Phi) is 3.15. The molecule has 0 heterocycles. The maximum absolute atomic E-state index is 11.5. The van der Waals surface area contributed by atoms with E-state index in [9.17, 15) is 4.79 Å². The summed E-state index contributed by atoms with van der Waals surface area (Å²) >= 11 is 0. The van der Waals surface area contributed by atoms with E-state index in [1.54, 1.807) is 6.92 Å².